The second-order valence-corrected chi connectivity index (χ2v) is 8.92. The number of methoxy groups -OCH3 is 1. The minimum atomic E-state index is 0. The Kier molecular flexibility index (Phi) is 7.66. The molecule has 0 radical (unpaired) electrons. The summed E-state index contributed by atoms with van der Waals surface area (Å²) in [4.78, 5) is 18.0. The molecule has 2 aliphatic rings. The van der Waals surface area contributed by atoms with E-state index in [1.807, 2.05) is 18.0 Å². The van der Waals surface area contributed by atoms with Crippen LogP contribution in [0.1, 0.15) is 53.1 Å². The van der Waals surface area contributed by atoms with Crippen molar-refractivity contribution in [2.75, 3.05) is 27.2 Å². The number of nitrogens with zero attached hydrogens (tertiary/aromatic N) is 2. The minimum Gasteiger partial charge on any atom is -0.496 e. The molecule has 1 heterocycles. The summed E-state index contributed by atoms with van der Waals surface area (Å²) in [6.07, 6.45) is 5.04. The third kappa shape index (κ3) is 4.75. The summed E-state index contributed by atoms with van der Waals surface area (Å²) >= 11 is 0. The molecule has 1 saturated heterocycles. The Balaban J connectivity index is 0.00000272. The number of aryl methyl sites for hydroxylation is 2. The molecule has 4 rings (SSSR count). The first-order chi connectivity index (χ1) is 14.5. The fraction of sp³-hybridized carbons (Fsp3) is 0.500. The average molecular weight is 443 g/mol. The molecule has 0 saturated carbocycles. The summed E-state index contributed by atoms with van der Waals surface area (Å²) in [5.41, 5.74) is 6.13. The zero-order valence-electron chi connectivity index (χ0n) is 19.2. The van der Waals surface area contributed by atoms with Crippen LogP contribution in [0, 0.1) is 13.8 Å². The van der Waals surface area contributed by atoms with E-state index in [0.29, 0.717) is 12.5 Å². The molecule has 5 heteroatoms. The van der Waals surface area contributed by atoms with Crippen LogP contribution in [0.3, 0.4) is 0 Å². The van der Waals surface area contributed by atoms with Gasteiger partial charge < -0.3 is 9.64 Å². The molecule has 1 aliphatic carbocycles. The Morgan fingerprint density at radius 3 is 2.55 bits per heavy atom. The smallest absolute Gasteiger partial charge is 0.227 e. The van der Waals surface area contributed by atoms with E-state index in [-0.39, 0.29) is 24.4 Å². The molecule has 4 nitrogen and oxygen atoms in total. The van der Waals surface area contributed by atoms with Crippen LogP contribution in [0.25, 0.3) is 0 Å². The number of likely N-dealkylation sites (tertiary alicyclic amines) is 1. The van der Waals surface area contributed by atoms with E-state index < -0.39 is 0 Å². The van der Waals surface area contributed by atoms with Gasteiger partial charge in [-0.3, -0.25) is 9.69 Å². The largest absolute Gasteiger partial charge is 0.496 e. The van der Waals surface area contributed by atoms with Gasteiger partial charge >= 0.3 is 0 Å². The zero-order valence-corrected chi connectivity index (χ0v) is 20.0. The third-order valence-corrected chi connectivity index (χ3v) is 7.11. The number of likely N-dealkylation sites (N-methyl/N-ethyl adjacent to an activating group) is 1. The van der Waals surface area contributed by atoms with Crippen LogP contribution in [0.15, 0.2) is 36.4 Å². The highest BCUT2D eigenvalue weighted by atomic mass is 35.5. The average Bonchev–Trinajstić information content (AvgIpc) is 3.29. The Bertz CT molecular complexity index is 924. The molecular formula is C26H35ClN2O2. The number of amides is 1. The molecule has 0 bridgehead atoms. The fourth-order valence-corrected chi connectivity index (χ4v) is 5.27. The van der Waals surface area contributed by atoms with Crippen molar-refractivity contribution in [2.24, 2.45) is 0 Å². The van der Waals surface area contributed by atoms with Crippen molar-refractivity contribution < 1.29 is 9.53 Å². The Morgan fingerprint density at radius 2 is 1.87 bits per heavy atom. The van der Waals surface area contributed by atoms with E-state index in [1.54, 1.807) is 7.11 Å². The van der Waals surface area contributed by atoms with Gasteiger partial charge in [-0.05, 0) is 86.5 Å². The fourth-order valence-electron chi connectivity index (χ4n) is 5.27. The van der Waals surface area contributed by atoms with Crippen LogP contribution in [0.2, 0.25) is 0 Å². The molecule has 0 aromatic heterocycles. The lowest BCUT2D eigenvalue weighted by atomic mass is 9.81. The standard InChI is InChI=1S/C26H34N2O2.ClH/c1-18-10-11-20(16-19(18)2)17-25(29)27(3)26-22-8-7-9-24(30-4)21(22)12-13-23(26)28-14-5-6-15-28;/h7-11,16,23,26H,5-6,12-15,17H2,1-4H3;1H/t23-,26-;/m0./s1. The zero-order chi connectivity index (χ0) is 21.3. The van der Waals surface area contributed by atoms with Gasteiger partial charge in [0.05, 0.1) is 19.6 Å². The molecule has 2 atom stereocenters. The highest BCUT2D eigenvalue weighted by molar-refractivity contribution is 5.85. The number of halogens is 1. The number of carbonyl (C=O) groups is 1. The summed E-state index contributed by atoms with van der Waals surface area (Å²) in [5, 5.41) is 0. The maximum Gasteiger partial charge on any atom is 0.227 e. The monoisotopic (exact) mass is 442 g/mol. The van der Waals surface area contributed by atoms with Crippen molar-refractivity contribution in [1.82, 2.24) is 9.80 Å². The number of ether oxygens (including phenoxy) is 1. The first kappa shape index (κ1) is 23.6. The molecular weight excluding hydrogens is 408 g/mol. The van der Waals surface area contributed by atoms with Gasteiger partial charge in [0.2, 0.25) is 5.91 Å². The van der Waals surface area contributed by atoms with Crippen molar-refractivity contribution in [3.8, 4) is 5.75 Å². The van der Waals surface area contributed by atoms with Crippen molar-refractivity contribution in [1.29, 1.82) is 0 Å². The van der Waals surface area contributed by atoms with Crippen molar-refractivity contribution in [2.45, 2.75) is 58.0 Å². The first-order valence-corrected chi connectivity index (χ1v) is 11.2. The normalized spacial score (nSPS) is 20.6. The highest BCUT2D eigenvalue weighted by Crippen LogP contribution is 2.41. The summed E-state index contributed by atoms with van der Waals surface area (Å²) in [6, 6.07) is 13.1. The maximum atomic E-state index is 13.4. The highest BCUT2D eigenvalue weighted by Gasteiger charge is 2.39. The molecule has 1 amide bonds. The van der Waals surface area contributed by atoms with Crippen molar-refractivity contribution in [3.63, 3.8) is 0 Å². The van der Waals surface area contributed by atoms with E-state index in [0.717, 1.165) is 37.2 Å². The van der Waals surface area contributed by atoms with Crippen LogP contribution in [0.4, 0.5) is 0 Å². The first-order valence-electron chi connectivity index (χ1n) is 11.2. The Morgan fingerprint density at radius 1 is 1.13 bits per heavy atom. The van der Waals surface area contributed by atoms with Crippen LogP contribution < -0.4 is 4.74 Å². The van der Waals surface area contributed by atoms with Gasteiger partial charge in [-0.1, -0.05) is 30.3 Å². The maximum absolute atomic E-state index is 13.4. The van der Waals surface area contributed by atoms with E-state index in [2.05, 4.69) is 49.1 Å². The lowest BCUT2D eigenvalue weighted by molar-refractivity contribution is -0.133. The minimum absolute atomic E-state index is 0. The van der Waals surface area contributed by atoms with E-state index in [9.17, 15) is 4.79 Å². The predicted molar refractivity (Wildman–Crippen MR) is 128 cm³/mol. The lowest BCUT2D eigenvalue weighted by Crippen LogP contribution is -2.48. The van der Waals surface area contributed by atoms with Crippen LogP contribution in [-0.4, -0.2) is 49.0 Å². The molecule has 168 valence electrons. The Labute approximate surface area is 193 Å². The van der Waals surface area contributed by atoms with Crippen molar-refractivity contribution >= 4 is 18.3 Å². The van der Waals surface area contributed by atoms with Gasteiger partial charge in [0.15, 0.2) is 0 Å². The summed E-state index contributed by atoms with van der Waals surface area (Å²) in [6.45, 7) is 6.50. The number of carbonyl (C=O) groups excluding carboxylic acids is 1. The predicted octanol–water partition coefficient (Wildman–Crippen LogP) is 4.89. The van der Waals surface area contributed by atoms with Crippen LogP contribution in [0.5, 0.6) is 5.75 Å². The summed E-state index contributed by atoms with van der Waals surface area (Å²) in [5.74, 6) is 1.13. The van der Waals surface area contributed by atoms with Gasteiger partial charge in [0.25, 0.3) is 0 Å². The molecule has 0 unspecified atom stereocenters. The summed E-state index contributed by atoms with van der Waals surface area (Å²) < 4.78 is 5.66. The number of hydrogen-bond donors (Lipinski definition) is 0. The van der Waals surface area contributed by atoms with Gasteiger partial charge in [-0.2, -0.15) is 0 Å². The second kappa shape index (κ2) is 10.1. The Hall–Kier alpha value is -2.04. The lowest BCUT2D eigenvalue weighted by Gasteiger charge is -2.44. The van der Waals surface area contributed by atoms with E-state index >= 15 is 0 Å². The quantitative estimate of drug-likeness (QED) is 0.661. The number of rotatable bonds is 5. The molecule has 31 heavy (non-hydrogen) atoms. The van der Waals surface area contributed by atoms with Gasteiger partial charge in [-0.25, -0.2) is 0 Å². The van der Waals surface area contributed by atoms with Gasteiger partial charge in [0.1, 0.15) is 5.75 Å². The summed E-state index contributed by atoms with van der Waals surface area (Å²) in [7, 11) is 3.73. The molecule has 1 aliphatic heterocycles. The van der Waals surface area contributed by atoms with Crippen LogP contribution in [-0.2, 0) is 17.6 Å². The SMILES string of the molecule is COc1cccc2c1CC[C@H](N1CCCC1)[C@H]2N(C)C(=O)Cc1ccc(C)c(C)c1.Cl. The van der Waals surface area contributed by atoms with Crippen LogP contribution >= 0.6 is 12.4 Å². The number of hydrogen-bond acceptors (Lipinski definition) is 3. The molecule has 0 N–H and O–H groups in total. The molecule has 2 aromatic rings. The van der Waals surface area contributed by atoms with E-state index in [4.69, 9.17) is 4.74 Å². The van der Waals surface area contributed by atoms with E-state index in [1.165, 1.54) is 35.1 Å². The molecule has 2 aromatic carbocycles. The second-order valence-electron chi connectivity index (χ2n) is 8.92. The molecule has 1 fully saturated rings. The molecule has 0 spiro atoms. The number of benzene rings is 2. The third-order valence-electron chi connectivity index (χ3n) is 7.11. The number of fused-ring (bicyclic) bond motifs is 1. The topological polar surface area (TPSA) is 32.8 Å². The van der Waals surface area contributed by atoms with Crippen molar-refractivity contribution in [3.05, 3.63) is 64.2 Å². The van der Waals surface area contributed by atoms with Gasteiger partial charge in [0, 0.05) is 13.1 Å². The van der Waals surface area contributed by atoms with Gasteiger partial charge in [-0.15, -0.1) is 12.4 Å².